The van der Waals surface area contributed by atoms with Gasteiger partial charge in [-0.15, -0.1) is 0 Å². The molecule has 2 N–H and O–H groups in total. The number of rotatable bonds is 4. The van der Waals surface area contributed by atoms with Crippen LogP contribution in [0.25, 0.3) is 0 Å². The molecule has 0 rings (SSSR count). The fraction of sp³-hybridized carbons (Fsp3) is 0.714. The molecular formula is C7H14N2O3P+. The normalized spacial score (nSPS) is 6.54. The van der Waals surface area contributed by atoms with E-state index in [9.17, 15) is 4.57 Å². The van der Waals surface area contributed by atoms with E-state index in [1.807, 2.05) is 0 Å². The van der Waals surface area contributed by atoms with Crippen molar-refractivity contribution < 1.29 is 14.2 Å². The maximum atomic E-state index is 9.83. The first kappa shape index (κ1) is 17.8. The van der Waals surface area contributed by atoms with Gasteiger partial charge in [-0.25, -0.2) is 20.4 Å². The molecule has 74 valence electrons. The van der Waals surface area contributed by atoms with Crippen LogP contribution in [0.2, 0.25) is 0 Å². The van der Waals surface area contributed by atoms with E-state index in [-0.39, 0.29) is 8.46 Å². The number of hydrogen-bond donors (Lipinski definition) is 2. The van der Waals surface area contributed by atoms with Gasteiger partial charge in [0.1, 0.15) is 6.16 Å². The van der Waals surface area contributed by atoms with Gasteiger partial charge in [-0.1, -0.05) is 17.9 Å². The molecule has 0 radical (unpaired) electrons. The molecule has 0 aliphatic rings. The SMILES string of the molecule is CCCCC[PH+]=O.N=C=O.N=C=O. The molecule has 1 atom stereocenters. The Morgan fingerprint density at radius 1 is 1.15 bits per heavy atom. The Hall–Kier alpha value is -1.14. The Bertz CT molecular complexity index is 149. The van der Waals surface area contributed by atoms with E-state index in [1.165, 1.54) is 12.8 Å². The summed E-state index contributed by atoms with van der Waals surface area (Å²) >= 11 is 0. The molecule has 0 saturated carbocycles. The highest BCUT2D eigenvalue weighted by Crippen LogP contribution is 2.00. The third-order valence-corrected chi connectivity index (χ3v) is 1.44. The van der Waals surface area contributed by atoms with Crippen LogP contribution in [0.1, 0.15) is 26.2 Å². The van der Waals surface area contributed by atoms with E-state index in [0.717, 1.165) is 24.7 Å². The summed E-state index contributed by atoms with van der Waals surface area (Å²) in [5.41, 5.74) is 0. The molecule has 0 fully saturated rings. The molecule has 0 aromatic carbocycles. The summed E-state index contributed by atoms with van der Waals surface area (Å²) in [7, 11) is -0.0824. The van der Waals surface area contributed by atoms with E-state index in [4.69, 9.17) is 20.4 Å². The number of hydrogen-bond acceptors (Lipinski definition) is 5. The number of nitrogens with one attached hydrogen (secondary N) is 2. The Morgan fingerprint density at radius 3 is 1.77 bits per heavy atom. The van der Waals surface area contributed by atoms with Gasteiger partial charge in [0.2, 0.25) is 12.2 Å². The van der Waals surface area contributed by atoms with Crippen LogP contribution >= 0.6 is 8.46 Å². The molecule has 0 heterocycles. The van der Waals surface area contributed by atoms with Crippen LogP contribution in [-0.4, -0.2) is 18.3 Å². The lowest BCUT2D eigenvalue weighted by atomic mass is 10.3. The van der Waals surface area contributed by atoms with Gasteiger partial charge in [-0.2, -0.15) is 0 Å². The first-order valence-corrected chi connectivity index (χ1v) is 4.79. The van der Waals surface area contributed by atoms with E-state index in [2.05, 4.69) is 6.92 Å². The van der Waals surface area contributed by atoms with Crippen molar-refractivity contribution in [3.05, 3.63) is 0 Å². The highest BCUT2D eigenvalue weighted by atomic mass is 31.1. The van der Waals surface area contributed by atoms with Gasteiger partial charge in [0, 0.05) is 0 Å². The molecule has 0 aromatic heterocycles. The summed E-state index contributed by atoms with van der Waals surface area (Å²) in [5, 5.41) is 10.8. The van der Waals surface area contributed by atoms with Crippen LogP contribution in [0.5, 0.6) is 0 Å². The third-order valence-electron chi connectivity index (χ3n) is 0.882. The molecule has 0 bridgehead atoms. The zero-order valence-corrected chi connectivity index (χ0v) is 8.55. The fourth-order valence-corrected chi connectivity index (χ4v) is 0.842. The van der Waals surface area contributed by atoms with Crippen molar-refractivity contribution in [1.29, 1.82) is 10.8 Å². The number of isocyanates is 2. The fourth-order valence-electron chi connectivity index (χ4n) is 0.447. The molecule has 0 saturated heterocycles. The molecule has 0 aliphatic carbocycles. The Kier molecular flexibility index (Phi) is 42.1. The average Bonchev–Trinajstić information content (AvgIpc) is 2.08. The lowest BCUT2D eigenvalue weighted by Crippen LogP contribution is -1.71. The van der Waals surface area contributed by atoms with Crippen molar-refractivity contribution in [3.63, 3.8) is 0 Å². The first-order valence-electron chi connectivity index (χ1n) is 3.67. The summed E-state index contributed by atoms with van der Waals surface area (Å²) in [6, 6.07) is 0. The van der Waals surface area contributed by atoms with Gasteiger partial charge in [0.15, 0.2) is 0 Å². The molecular weight excluding hydrogens is 191 g/mol. The molecule has 5 nitrogen and oxygen atoms in total. The van der Waals surface area contributed by atoms with Gasteiger partial charge in [0.25, 0.3) is 0 Å². The Balaban J connectivity index is -0.000000140. The van der Waals surface area contributed by atoms with Gasteiger partial charge in [0.05, 0.1) is 0 Å². The molecule has 6 heteroatoms. The molecule has 13 heavy (non-hydrogen) atoms. The first-order chi connectivity index (χ1) is 6.24. The molecule has 0 spiro atoms. The topological polar surface area (TPSA) is 98.9 Å². The van der Waals surface area contributed by atoms with Gasteiger partial charge < -0.3 is 0 Å². The summed E-state index contributed by atoms with van der Waals surface area (Å²) in [6.45, 7) is 2.15. The van der Waals surface area contributed by atoms with Gasteiger partial charge in [-0.3, -0.25) is 0 Å². The predicted octanol–water partition coefficient (Wildman–Crippen LogP) is 2.00. The van der Waals surface area contributed by atoms with Crippen molar-refractivity contribution >= 4 is 20.6 Å². The van der Waals surface area contributed by atoms with E-state index in [1.54, 1.807) is 0 Å². The van der Waals surface area contributed by atoms with E-state index < -0.39 is 0 Å². The number of carbonyl (C=O) groups excluding carboxylic acids is 2. The standard InChI is InChI=1S/C5H11OP.2CHNO/c1-2-3-4-5-7-6;2*2-1-3/h2-5H2,1H3;2*2H/p+1. The van der Waals surface area contributed by atoms with Crippen LogP contribution in [-0.2, 0) is 14.2 Å². The van der Waals surface area contributed by atoms with Crippen molar-refractivity contribution in [1.82, 2.24) is 0 Å². The minimum Gasteiger partial charge on any atom is -0.222 e. The monoisotopic (exact) mass is 205 g/mol. The van der Waals surface area contributed by atoms with Crippen LogP contribution in [0.3, 0.4) is 0 Å². The summed E-state index contributed by atoms with van der Waals surface area (Å²) in [6.07, 6.45) is 5.99. The van der Waals surface area contributed by atoms with Crippen molar-refractivity contribution in [2.24, 2.45) is 0 Å². The quantitative estimate of drug-likeness (QED) is 0.317. The van der Waals surface area contributed by atoms with Crippen LogP contribution in [0.4, 0.5) is 0 Å². The molecule has 0 aromatic rings. The highest BCUT2D eigenvalue weighted by molar-refractivity contribution is 7.23. The second-order valence-electron chi connectivity index (χ2n) is 1.81. The van der Waals surface area contributed by atoms with Crippen LogP contribution < -0.4 is 0 Å². The Labute approximate surface area is 78.8 Å². The average molecular weight is 205 g/mol. The van der Waals surface area contributed by atoms with Crippen molar-refractivity contribution in [3.8, 4) is 0 Å². The highest BCUT2D eigenvalue weighted by Gasteiger charge is 1.87. The van der Waals surface area contributed by atoms with Gasteiger partial charge in [-0.05, 0) is 12.8 Å². The summed E-state index contributed by atoms with van der Waals surface area (Å²) in [5.74, 6) is 0. The van der Waals surface area contributed by atoms with Crippen molar-refractivity contribution in [2.75, 3.05) is 6.16 Å². The third kappa shape index (κ3) is 104. The van der Waals surface area contributed by atoms with Crippen LogP contribution in [0.15, 0.2) is 0 Å². The summed E-state index contributed by atoms with van der Waals surface area (Å²) < 4.78 is 9.83. The maximum Gasteiger partial charge on any atom is 0.324 e. The minimum absolute atomic E-state index is 0.0824. The predicted molar refractivity (Wildman–Crippen MR) is 50.2 cm³/mol. The smallest absolute Gasteiger partial charge is 0.222 e. The molecule has 0 aliphatic heterocycles. The summed E-state index contributed by atoms with van der Waals surface area (Å²) in [4.78, 5) is 16.7. The largest absolute Gasteiger partial charge is 0.324 e. The lowest BCUT2D eigenvalue weighted by molar-refractivity contribution is 0.562. The zero-order valence-electron chi connectivity index (χ0n) is 7.55. The van der Waals surface area contributed by atoms with Crippen molar-refractivity contribution in [2.45, 2.75) is 26.2 Å². The molecule has 1 unspecified atom stereocenters. The van der Waals surface area contributed by atoms with E-state index in [0.29, 0.717) is 0 Å². The minimum atomic E-state index is -0.0824. The number of unbranched alkanes of at least 4 members (excludes halogenated alkanes) is 2. The maximum absolute atomic E-state index is 9.83. The lowest BCUT2D eigenvalue weighted by Gasteiger charge is -1.81. The second kappa shape index (κ2) is 30.7. The van der Waals surface area contributed by atoms with Gasteiger partial charge >= 0.3 is 8.46 Å². The second-order valence-corrected chi connectivity index (χ2v) is 2.59. The molecule has 0 amide bonds. The van der Waals surface area contributed by atoms with Crippen LogP contribution in [0, 0.1) is 10.8 Å². The Morgan fingerprint density at radius 2 is 1.54 bits per heavy atom. The van der Waals surface area contributed by atoms with E-state index >= 15 is 0 Å². The zero-order chi connectivity index (χ0) is 10.9.